The van der Waals surface area contributed by atoms with Crippen LogP contribution >= 0.6 is 0 Å². The van der Waals surface area contributed by atoms with Crippen LogP contribution in [0, 0.1) is 11.8 Å². The molecule has 2 fully saturated rings. The van der Waals surface area contributed by atoms with Crippen molar-refractivity contribution in [2.24, 2.45) is 17.6 Å². The van der Waals surface area contributed by atoms with Gasteiger partial charge in [0.15, 0.2) is 0 Å². The molecule has 1 saturated carbocycles. The Morgan fingerprint density at radius 3 is 2.42 bits per heavy atom. The molecule has 1 aliphatic heterocycles. The van der Waals surface area contributed by atoms with Crippen molar-refractivity contribution in [2.45, 2.75) is 31.7 Å². The maximum atomic E-state index is 12.1. The third kappa shape index (κ3) is 2.98. The highest BCUT2D eigenvalue weighted by Crippen LogP contribution is 2.32. The third-order valence-electron chi connectivity index (χ3n) is 4.45. The molecule has 102 valence electrons. The molecule has 2 N–H and O–H groups in total. The summed E-state index contributed by atoms with van der Waals surface area (Å²) >= 11 is 0. The number of benzene rings is 1. The number of piperidine rings is 1. The maximum absolute atomic E-state index is 12.1. The molecule has 1 amide bonds. The zero-order valence-corrected chi connectivity index (χ0v) is 11.3. The van der Waals surface area contributed by atoms with Gasteiger partial charge in [0.05, 0.1) is 5.92 Å². The lowest BCUT2D eigenvalue weighted by Gasteiger charge is -2.32. The molecule has 2 unspecified atom stereocenters. The van der Waals surface area contributed by atoms with Crippen LogP contribution in [0.2, 0.25) is 0 Å². The summed E-state index contributed by atoms with van der Waals surface area (Å²) in [4.78, 5) is 14.1. The number of nitrogens with two attached hydrogens (primary N) is 1. The minimum absolute atomic E-state index is 0.130. The Balaban J connectivity index is 1.48. The minimum atomic E-state index is 0.130. The Labute approximate surface area is 114 Å². The number of amides is 1. The monoisotopic (exact) mass is 258 g/mol. The van der Waals surface area contributed by atoms with Crippen LogP contribution in [0.5, 0.6) is 0 Å². The summed E-state index contributed by atoms with van der Waals surface area (Å²) in [5.41, 5.74) is 7.17. The maximum Gasteiger partial charge on any atom is 0.227 e. The lowest BCUT2D eigenvalue weighted by molar-refractivity contribution is -0.134. The van der Waals surface area contributed by atoms with Crippen LogP contribution < -0.4 is 5.73 Å². The number of likely N-dealkylation sites (tertiary alicyclic amines) is 1. The molecule has 3 heteroatoms. The third-order valence-corrected chi connectivity index (χ3v) is 4.45. The van der Waals surface area contributed by atoms with Crippen molar-refractivity contribution in [1.29, 1.82) is 0 Å². The fraction of sp³-hybridized carbons (Fsp3) is 0.562. The Hall–Kier alpha value is -1.35. The van der Waals surface area contributed by atoms with Gasteiger partial charge in [-0.15, -0.1) is 0 Å². The highest BCUT2D eigenvalue weighted by atomic mass is 16.2. The van der Waals surface area contributed by atoms with Gasteiger partial charge in [0.1, 0.15) is 0 Å². The van der Waals surface area contributed by atoms with Gasteiger partial charge in [-0.25, -0.2) is 0 Å². The largest absolute Gasteiger partial charge is 0.342 e. The number of rotatable bonds is 3. The average Bonchev–Trinajstić information content (AvgIpc) is 3.17. The van der Waals surface area contributed by atoms with E-state index in [4.69, 9.17) is 5.73 Å². The van der Waals surface area contributed by atoms with Crippen LogP contribution in [0.25, 0.3) is 0 Å². The Bertz CT molecular complexity index is 437. The SMILES string of the molecule is NC1CC1C(=O)N1CCC(Cc2ccccc2)CC1. The van der Waals surface area contributed by atoms with Crippen molar-refractivity contribution in [3.05, 3.63) is 35.9 Å². The fourth-order valence-corrected chi connectivity index (χ4v) is 3.04. The van der Waals surface area contributed by atoms with Gasteiger partial charge in [-0.1, -0.05) is 30.3 Å². The summed E-state index contributed by atoms with van der Waals surface area (Å²) in [5, 5.41) is 0. The lowest BCUT2D eigenvalue weighted by atomic mass is 9.90. The van der Waals surface area contributed by atoms with Gasteiger partial charge >= 0.3 is 0 Å². The molecule has 0 bridgehead atoms. The number of carbonyl (C=O) groups is 1. The minimum Gasteiger partial charge on any atom is -0.342 e. The first kappa shape index (κ1) is 12.7. The smallest absolute Gasteiger partial charge is 0.227 e. The Morgan fingerprint density at radius 2 is 1.84 bits per heavy atom. The van der Waals surface area contributed by atoms with E-state index in [1.807, 2.05) is 4.90 Å². The highest BCUT2D eigenvalue weighted by molar-refractivity contribution is 5.82. The number of nitrogens with zero attached hydrogens (tertiary/aromatic N) is 1. The van der Waals surface area contributed by atoms with Crippen LogP contribution in [0.1, 0.15) is 24.8 Å². The van der Waals surface area contributed by atoms with Gasteiger partial charge in [-0.2, -0.15) is 0 Å². The topological polar surface area (TPSA) is 46.3 Å². The van der Waals surface area contributed by atoms with Crippen LogP contribution in [-0.2, 0) is 11.2 Å². The Morgan fingerprint density at radius 1 is 1.21 bits per heavy atom. The van der Waals surface area contributed by atoms with Gasteiger partial charge in [-0.05, 0) is 37.2 Å². The van der Waals surface area contributed by atoms with E-state index >= 15 is 0 Å². The van der Waals surface area contributed by atoms with E-state index in [2.05, 4.69) is 30.3 Å². The van der Waals surface area contributed by atoms with Gasteiger partial charge in [0, 0.05) is 19.1 Å². The van der Waals surface area contributed by atoms with Crippen LogP contribution in [-0.4, -0.2) is 29.9 Å². The summed E-state index contributed by atoms with van der Waals surface area (Å²) < 4.78 is 0. The van der Waals surface area contributed by atoms with E-state index < -0.39 is 0 Å². The molecule has 0 radical (unpaired) electrons. The van der Waals surface area contributed by atoms with E-state index in [-0.39, 0.29) is 12.0 Å². The summed E-state index contributed by atoms with van der Waals surface area (Å²) in [6.07, 6.45) is 4.29. The van der Waals surface area contributed by atoms with Gasteiger partial charge in [-0.3, -0.25) is 4.79 Å². The summed E-state index contributed by atoms with van der Waals surface area (Å²) in [7, 11) is 0. The zero-order valence-electron chi connectivity index (χ0n) is 11.3. The quantitative estimate of drug-likeness (QED) is 0.899. The molecule has 1 saturated heterocycles. The predicted molar refractivity (Wildman–Crippen MR) is 75.5 cm³/mol. The summed E-state index contributed by atoms with van der Waals surface area (Å²) in [6.45, 7) is 1.83. The molecule has 0 spiro atoms. The average molecular weight is 258 g/mol. The van der Waals surface area contributed by atoms with Crippen molar-refractivity contribution < 1.29 is 4.79 Å². The van der Waals surface area contributed by atoms with Crippen LogP contribution in [0.15, 0.2) is 30.3 Å². The molecular weight excluding hydrogens is 236 g/mol. The molecule has 1 aliphatic carbocycles. The van der Waals surface area contributed by atoms with Gasteiger partial charge in [0.2, 0.25) is 5.91 Å². The zero-order chi connectivity index (χ0) is 13.2. The van der Waals surface area contributed by atoms with Crippen molar-refractivity contribution in [2.75, 3.05) is 13.1 Å². The molecule has 2 aliphatic rings. The summed E-state index contributed by atoms with van der Waals surface area (Å²) in [5.74, 6) is 1.15. The first-order valence-corrected chi connectivity index (χ1v) is 7.32. The fourth-order valence-electron chi connectivity index (χ4n) is 3.04. The molecule has 1 heterocycles. The van der Waals surface area contributed by atoms with Gasteiger partial charge in [0.25, 0.3) is 0 Å². The van der Waals surface area contributed by atoms with Crippen molar-refractivity contribution in [1.82, 2.24) is 4.90 Å². The highest BCUT2D eigenvalue weighted by Gasteiger charge is 2.42. The van der Waals surface area contributed by atoms with Crippen molar-refractivity contribution in [3.63, 3.8) is 0 Å². The Kier molecular flexibility index (Phi) is 3.56. The van der Waals surface area contributed by atoms with Crippen LogP contribution in [0.4, 0.5) is 0 Å². The summed E-state index contributed by atoms with van der Waals surface area (Å²) in [6, 6.07) is 10.8. The second kappa shape index (κ2) is 5.33. The number of hydrogen-bond acceptors (Lipinski definition) is 2. The normalized spacial score (nSPS) is 27.3. The van der Waals surface area contributed by atoms with Gasteiger partial charge < -0.3 is 10.6 Å². The predicted octanol–water partition coefficient (Wildman–Crippen LogP) is 1.81. The molecule has 1 aromatic carbocycles. The number of hydrogen-bond donors (Lipinski definition) is 1. The van der Waals surface area contributed by atoms with E-state index in [0.29, 0.717) is 5.91 Å². The molecule has 19 heavy (non-hydrogen) atoms. The first-order chi connectivity index (χ1) is 9.24. The standard InChI is InChI=1S/C16H22N2O/c17-15-11-14(15)16(19)18-8-6-13(7-9-18)10-12-4-2-1-3-5-12/h1-5,13-15H,6-11,17H2. The molecule has 2 atom stereocenters. The molecule has 1 aromatic rings. The van der Waals surface area contributed by atoms with Crippen molar-refractivity contribution >= 4 is 5.91 Å². The van der Waals surface area contributed by atoms with E-state index in [0.717, 1.165) is 44.7 Å². The lowest BCUT2D eigenvalue weighted by Crippen LogP contribution is -2.40. The van der Waals surface area contributed by atoms with E-state index in [1.54, 1.807) is 0 Å². The first-order valence-electron chi connectivity index (χ1n) is 7.32. The molecular formula is C16H22N2O. The van der Waals surface area contributed by atoms with E-state index in [9.17, 15) is 4.79 Å². The van der Waals surface area contributed by atoms with Crippen molar-refractivity contribution in [3.8, 4) is 0 Å². The second-order valence-electron chi connectivity index (χ2n) is 5.96. The van der Waals surface area contributed by atoms with Crippen LogP contribution in [0.3, 0.4) is 0 Å². The van der Waals surface area contributed by atoms with E-state index in [1.165, 1.54) is 5.56 Å². The molecule has 3 nitrogen and oxygen atoms in total. The molecule has 0 aromatic heterocycles. The number of carbonyl (C=O) groups excluding carboxylic acids is 1. The second-order valence-corrected chi connectivity index (χ2v) is 5.96. The molecule has 3 rings (SSSR count).